The Kier molecular flexibility index (Phi) is 7.15. The largest absolute Gasteiger partial charge is 0.497 e. The van der Waals surface area contributed by atoms with Crippen LogP contribution in [0.1, 0.15) is 29.1 Å². The standard InChI is InChI=1S/C32H26ClN3O3S/c1-20-6-7-21(33)19-26(20)28-16-17-29(39-28)31-30(27-5-3-4-18-34-27)35-32(40)36(31)22-8-10-24(11-9-22)38-25-14-12-23(37-2)13-15-25/h3-19,30-31H,1-2H3,(H,35,40). The average Bonchev–Trinajstić information content (AvgIpc) is 3.60. The van der Waals surface area contributed by atoms with E-state index in [-0.39, 0.29) is 12.1 Å². The van der Waals surface area contributed by atoms with Crippen molar-refractivity contribution >= 4 is 34.6 Å². The number of anilines is 1. The molecule has 0 bridgehead atoms. The zero-order valence-electron chi connectivity index (χ0n) is 21.9. The molecule has 3 aromatic carbocycles. The minimum atomic E-state index is -0.274. The van der Waals surface area contributed by atoms with Crippen LogP contribution in [0.15, 0.2) is 108 Å². The number of furan rings is 1. The van der Waals surface area contributed by atoms with Crippen molar-refractivity contribution in [2.24, 2.45) is 0 Å². The first-order valence-corrected chi connectivity index (χ1v) is 13.6. The summed E-state index contributed by atoms with van der Waals surface area (Å²) in [5.74, 6) is 3.71. The van der Waals surface area contributed by atoms with Crippen LogP contribution >= 0.6 is 23.8 Å². The molecule has 2 aromatic heterocycles. The van der Waals surface area contributed by atoms with Crippen molar-refractivity contribution in [2.45, 2.75) is 19.0 Å². The number of hydrogen-bond donors (Lipinski definition) is 1. The lowest BCUT2D eigenvalue weighted by Gasteiger charge is -2.26. The van der Waals surface area contributed by atoms with E-state index in [4.69, 9.17) is 37.7 Å². The highest BCUT2D eigenvalue weighted by molar-refractivity contribution is 7.80. The van der Waals surface area contributed by atoms with Crippen molar-refractivity contribution in [3.63, 3.8) is 0 Å². The van der Waals surface area contributed by atoms with Gasteiger partial charge in [0.15, 0.2) is 5.11 Å². The van der Waals surface area contributed by atoms with Crippen LogP contribution in [-0.4, -0.2) is 17.2 Å². The van der Waals surface area contributed by atoms with Crippen LogP contribution in [-0.2, 0) is 0 Å². The molecule has 0 saturated carbocycles. The molecular formula is C32H26ClN3O3S. The molecule has 40 heavy (non-hydrogen) atoms. The summed E-state index contributed by atoms with van der Waals surface area (Å²) >= 11 is 12.2. The van der Waals surface area contributed by atoms with E-state index in [2.05, 4.69) is 15.2 Å². The van der Waals surface area contributed by atoms with Crippen molar-refractivity contribution in [1.29, 1.82) is 0 Å². The molecule has 0 aliphatic carbocycles. The Morgan fingerprint density at radius 2 is 1.62 bits per heavy atom. The second kappa shape index (κ2) is 11.0. The first-order chi connectivity index (χ1) is 19.5. The maximum absolute atomic E-state index is 6.50. The molecule has 2 atom stereocenters. The zero-order valence-corrected chi connectivity index (χ0v) is 23.4. The molecule has 5 aromatic rings. The molecule has 2 unspecified atom stereocenters. The number of nitrogens with one attached hydrogen (secondary N) is 1. The van der Waals surface area contributed by atoms with Crippen LogP contribution in [0.5, 0.6) is 17.2 Å². The van der Waals surface area contributed by atoms with Gasteiger partial charge in [-0.05, 0) is 110 Å². The fourth-order valence-electron chi connectivity index (χ4n) is 4.89. The smallest absolute Gasteiger partial charge is 0.174 e. The molecule has 0 amide bonds. The zero-order chi connectivity index (χ0) is 27.6. The second-order valence-corrected chi connectivity index (χ2v) is 10.3. The third-order valence-electron chi connectivity index (χ3n) is 6.89. The normalized spacial score (nSPS) is 16.6. The molecule has 1 aliphatic heterocycles. The van der Waals surface area contributed by atoms with Gasteiger partial charge in [0.25, 0.3) is 0 Å². The Bertz CT molecular complexity index is 1640. The predicted molar refractivity (Wildman–Crippen MR) is 161 cm³/mol. The summed E-state index contributed by atoms with van der Waals surface area (Å²) in [6.07, 6.45) is 1.79. The number of aryl methyl sites for hydroxylation is 1. The highest BCUT2D eigenvalue weighted by Crippen LogP contribution is 2.43. The molecule has 1 aliphatic rings. The van der Waals surface area contributed by atoms with Gasteiger partial charge in [-0.25, -0.2) is 0 Å². The Labute approximate surface area is 243 Å². The third kappa shape index (κ3) is 5.13. The van der Waals surface area contributed by atoms with Crippen LogP contribution in [0.25, 0.3) is 11.3 Å². The van der Waals surface area contributed by atoms with E-state index in [1.165, 1.54) is 0 Å². The first-order valence-electron chi connectivity index (χ1n) is 12.8. The number of pyridine rings is 1. The molecular weight excluding hydrogens is 542 g/mol. The molecule has 3 heterocycles. The second-order valence-electron chi connectivity index (χ2n) is 9.43. The van der Waals surface area contributed by atoms with E-state index in [0.29, 0.717) is 15.9 Å². The number of rotatable bonds is 7. The van der Waals surface area contributed by atoms with Crippen LogP contribution in [0.4, 0.5) is 5.69 Å². The monoisotopic (exact) mass is 567 g/mol. The summed E-state index contributed by atoms with van der Waals surface area (Å²) in [6, 6.07) is 30.5. The van der Waals surface area contributed by atoms with E-state index in [1.54, 1.807) is 13.3 Å². The van der Waals surface area contributed by atoms with Gasteiger partial charge in [-0.15, -0.1) is 0 Å². The van der Waals surface area contributed by atoms with Crippen LogP contribution in [0, 0.1) is 6.92 Å². The first kappa shape index (κ1) is 25.9. The molecule has 6 nitrogen and oxygen atoms in total. The van der Waals surface area contributed by atoms with Gasteiger partial charge in [0.1, 0.15) is 34.8 Å². The average molecular weight is 568 g/mol. The van der Waals surface area contributed by atoms with Gasteiger partial charge in [0.05, 0.1) is 18.8 Å². The Hall–Kier alpha value is -4.33. The van der Waals surface area contributed by atoms with Crippen molar-refractivity contribution in [3.05, 3.63) is 125 Å². The number of ether oxygens (including phenoxy) is 2. The van der Waals surface area contributed by atoms with Crippen LogP contribution in [0.2, 0.25) is 5.02 Å². The predicted octanol–water partition coefficient (Wildman–Crippen LogP) is 8.28. The summed E-state index contributed by atoms with van der Waals surface area (Å²) in [5, 5.41) is 4.72. The van der Waals surface area contributed by atoms with E-state index in [9.17, 15) is 0 Å². The van der Waals surface area contributed by atoms with Crippen molar-refractivity contribution < 1.29 is 13.9 Å². The number of halogens is 1. The highest BCUT2D eigenvalue weighted by Gasteiger charge is 2.42. The van der Waals surface area contributed by atoms with Crippen molar-refractivity contribution in [3.8, 4) is 28.6 Å². The highest BCUT2D eigenvalue weighted by atomic mass is 35.5. The lowest BCUT2D eigenvalue weighted by atomic mass is 10.0. The summed E-state index contributed by atoms with van der Waals surface area (Å²) in [5.41, 5.74) is 3.80. The summed E-state index contributed by atoms with van der Waals surface area (Å²) in [4.78, 5) is 6.69. The number of nitrogens with zero attached hydrogens (tertiary/aromatic N) is 2. The number of methoxy groups -OCH3 is 1. The Balaban J connectivity index is 1.34. The van der Waals surface area contributed by atoms with Crippen molar-refractivity contribution in [2.75, 3.05) is 12.0 Å². The molecule has 0 spiro atoms. The SMILES string of the molecule is COc1ccc(Oc2ccc(N3C(=S)NC(c4ccccn4)C3c3ccc(-c4cc(Cl)ccc4C)o3)cc2)cc1. The number of hydrogen-bond acceptors (Lipinski definition) is 5. The Morgan fingerprint density at radius 1 is 0.900 bits per heavy atom. The van der Waals surface area contributed by atoms with E-state index in [0.717, 1.165) is 45.5 Å². The molecule has 200 valence electrons. The van der Waals surface area contributed by atoms with Gasteiger partial charge in [-0.2, -0.15) is 0 Å². The maximum atomic E-state index is 6.50. The van der Waals surface area contributed by atoms with Gasteiger partial charge in [0, 0.05) is 22.5 Å². The minimum absolute atomic E-state index is 0.219. The molecule has 1 saturated heterocycles. The number of benzene rings is 3. The molecule has 8 heteroatoms. The third-order valence-corrected chi connectivity index (χ3v) is 7.44. The van der Waals surface area contributed by atoms with Gasteiger partial charge >= 0.3 is 0 Å². The maximum Gasteiger partial charge on any atom is 0.174 e. The van der Waals surface area contributed by atoms with Gasteiger partial charge < -0.3 is 24.1 Å². The van der Waals surface area contributed by atoms with Gasteiger partial charge in [-0.1, -0.05) is 23.7 Å². The van der Waals surface area contributed by atoms with Gasteiger partial charge in [0.2, 0.25) is 0 Å². The topological polar surface area (TPSA) is 59.8 Å². The Morgan fingerprint density at radius 3 is 2.33 bits per heavy atom. The number of aromatic nitrogens is 1. The van der Waals surface area contributed by atoms with Crippen LogP contribution < -0.4 is 19.7 Å². The quantitative estimate of drug-likeness (QED) is 0.198. The fourth-order valence-corrected chi connectivity index (χ4v) is 5.41. The van der Waals surface area contributed by atoms with E-state index in [1.807, 2.05) is 104 Å². The van der Waals surface area contributed by atoms with Gasteiger partial charge in [-0.3, -0.25) is 4.98 Å². The van der Waals surface area contributed by atoms with E-state index >= 15 is 0 Å². The molecule has 0 radical (unpaired) electrons. The van der Waals surface area contributed by atoms with Crippen LogP contribution in [0.3, 0.4) is 0 Å². The summed E-state index contributed by atoms with van der Waals surface area (Å²) in [7, 11) is 1.64. The summed E-state index contributed by atoms with van der Waals surface area (Å²) in [6.45, 7) is 2.04. The van der Waals surface area contributed by atoms with Crippen molar-refractivity contribution in [1.82, 2.24) is 10.3 Å². The fraction of sp³-hybridized carbons (Fsp3) is 0.125. The lowest BCUT2D eigenvalue weighted by Crippen LogP contribution is -2.29. The number of thiocarbonyl (C=S) groups is 1. The minimum Gasteiger partial charge on any atom is -0.497 e. The van der Waals surface area contributed by atoms with E-state index < -0.39 is 0 Å². The molecule has 1 N–H and O–H groups in total. The molecule has 6 rings (SSSR count). The summed E-state index contributed by atoms with van der Waals surface area (Å²) < 4.78 is 17.8. The lowest BCUT2D eigenvalue weighted by molar-refractivity contribution is 0.413. The molecule has 1 fully saturated rings.